The van der Waals surface area contributed by atoms with Crippen molar-refractivity contribution in [3.8, 4) is 0 Å². The molecule has 0 radical (unpaired) electrons. The Balaban J connectivity index is 1.31. The first-order valence-corrected chi connectivity index (χ1v) is 34.6. The van der Waals surface area contributed by atoms with Gasteiger partial charge in [-0.15, -0.1) is 5.06 Å². The van der Waals surface area contributed by atoms with E-state index < -0.39 is 123 Å². The Morgan fingerprint density at radius 2 is 1.15 bits per heavy atom. The maximum Gasteiger partial charge on any atom is 0.333 e. The van der Waals surface area contributed by atoms with E-state index in [2.05, 4.69) is 0 Å². The van der Waals surface area contributed by atoms with Crippen LogP contribution in [0, 0.1) is 0 Å². The van der Waals surface area contributed by atoms with Crippen LogP contribution in [0.25, 0.3) is 21.5 Å². The Labute approximate surface area is 511 Å². The summed E-state index contributed by atoms with van der Waals surface area (Å²) in [5.74, 6) is -4.85. The number of fused-ring (bicyclic) bond motifs is 6. The Morgan fingerprint density at radius 1 is 0.618 bits per heavy atom. The van der Waals surface area contributed by atoms with Gasteiger partial charge in [0.1, 0.15) is 22.2 Å². The number of aliphatic hydroxyl groups is 1. The zero-order valence-electron chi connectivity index (χ0n) is 48.2. The van der Waals surface area contributed by atoms with Gasteiger partial charge in [-0.2, -0.15) is 46.7 Å². The number of methoxy groups -OCH3 is 2. The number of ether oxygens (including phenoxy) is 5. The van der Waals surface area contributed by atoms with E-state index in [4.69, 9.17) is 28.5 Å². The third kappa shape index (κ3) is 14.5. The largest absolute Gasteiger partial charge is 0.506 e. The SMILES string of the molecule is COCCOCCOCCOCCC1(C)/C(=C\C2=C(O)C(=CC3=[N+](CCOC)c4ccc5c(S(=O)(=O)O)cc(S(=O)(=O)O)cc5c4C3(C)CCCS(=O)(=O)O)C2=O)N(CCCC(=O)ON2C(=O)CCC2=O)c2ccc3c(S(=O)(=O)O)cc(S(=O)(=O)O)cc3c21. The number of nitrogens with zero attached hydrogens (tertiary/aromatic N) is 3. The molecule has 0 spiro atoms. The van der Waals surface area contributed by atoms with Gasteiger partial charge in [0.2, 0.25) is 11.5 Å². The summed E-state index contributed by atoms with van der Waals surface area (Å²) in [6.45, 7) is 3.85. The molecular weight excluding hydrogens is 1280 g/mol. The summed E-state index contributed by atoms with van der Waals surface area (Å²) >= 11 is 0. The lowest BCUT2D eigenvalue weighted by Gasteiger charge is -2.32. The van der Waals surface area contributed by atoms with Crippen molar-refractivity contribution in [3.63, 3.8) is 0 Å². The quantitative estimate of drug-likeness (QED) is 0.0141. The summed E-state index contributed by atoms with van der Waals surface area (Å²) in [7, 11) is -22.7. The zero-order chi connectivity index (χ0) is 65.4. The zero-order valence-corrected chi connectivity index (χ0v) is 52.3. The molecule has 89 heavy (non-hydrogen) atoms. The second-order valence-electron chi connectivity index (χ2n) is 21.5. The summed E-state index contributed by atoms with van der Waals surface area (Å²) in [6.07, 6.45) is 0.863. The van der Waals surface area contributed by atoms with Crippen LogP contribution in [-0.2, 0) is 109 Å². The van der Waals surface area contributed by atoms with Gasteiger partial charge < -0.3 is 38.5 Å². The van der Waals surface area contributed by atoms with Crippen molar-refractivity contribution in [1.29, 1.82) is 0 Å². The lowest BCUT2D eigenvalue weighted by molar-refractivity contribution is -0.441. The molecule has 1 saturated heterocycles. The fraction of sp³-hybridized carbons (Fsp3) is 0.436. The van der Waals surface area contributed by atoms with Gasteiger partial charge in [-0.1, -0.05) is 6.07 Å². The number of anilines is 1. The van der Waals surface area contributed by atoms with E-state index in [1.54, 1.807) is 16.4 Å². The fourth-order valence-electron chi connectivity index (χ4n) is 11.6. The Kier molecular flexibility index (Phi) is 20.3. The number of amides is 2. The average molecular weight is 1340 g/mol. The number of benzene rings is 4. The van der Waals surface area contributed by atoms with Crippen LogP contribution in [0.2, 0.25) is 0 Å². The standard InChI is InChI=1S/C55H63N3O26S5/c1-54(14-6-26-85(64,65)66)45(57(17-19-79-3)42-11-9-35-37(50(42)54)27-33(86(67,68)69)29-43(35)88(73,74)75)31-39-52(62)40(53(39)63)32-46-55(2,15-18-81-22-23-83-25-24-82-21-20-80-4)51-38-28-34(87(70,71)72)30-44(89(76,77)78)36(38)8-10-41(51)56(46)16-5-7-49(61)84-58-47(59)12-13-48(58)60/h8-11,27-32H,5-7,12-26H2,1-4H3,(H5-,62,63,64,65,66,67,68,69,70,71,72,73,74,75,76,77,78)/p+1. The summed E-state index contributed by atoms with van der Waals surface area (Å²) < 4.78 is 208. The van der Waals surface area contributed by atoms with E-state index in [-0.39, 0.29) is 158 Å². The van der Waals surface area contributed by atoms with Crippen LogP contribution in [-0.4, -0.2) is 195 Å². The number of carbonyl (C=O) groups excluding carboxylic acids is 4. The Bertz CT molecular complexity index is 4300. The number of Topliss-reactive ketones (excluding diaryl/α,β-unsaturated/α-hetero) is 1. The molecule has 3 aliphatic heterocycles. The lowest BCUT2D eigenvalue weighted by Crippen LogP contribution is -2.35. The molecule has 1 aliphatic carbocycles. The number of hydrogen-bond donors (Lipinski definition) is 6. The minimum atomic E-state index is -5.26. The van der Waals surface area contributed by atoms with Crippen molar-refractivity contribution in [2.24, 2.45) is 0 Å². The highest BCUT2D eigenvalue weighted by Crippen LogP contribution is 2.55. The van der Waals surface area contributed by atoms with E-state index in [0.29, 0.717) is 30.4 Å². The molecule has 2 atom stereocenters. The van der Waals surface area contributed by atoms with Gasteiger partial charge in [0.15, 0.2) is 12.3 Å². The third-order valence-corrected chi connectivity index (χ3v) is 19.9. The lowest BCUT2D eigenvalue weighted by atomic mass is 9.72. The van der Waals surface area contributed by atoms with Crippen molar-refractivity contribution in [3.05, 3.63) is 94.4 Å². The molecule has 484 valence electrons. The maximum atomic E-state index is 15.0. The predicted octanol–water partition coefficient (Wildman–Crippen LogP) is 4.11. The molecule has 0 aromatic heterocycles. The van der Waals surface area contributed by atoms with Crippen molar-refractivity contribution >= 4 is 113 Å². The number of allylic oxidation sites excluding steroid dienone is 5. The topological polar surface area (TPSA) is 425 Å². The molecule has 0 bridgehead atoms. The van der Waals surface area contributed by atoms with E-state index in [0.717, 1.165) is 12.1 Å². The molecule has 29 nitrogen and oxygen atoms in total. The molecule has 34 heteroatoms. The van der Waals surface area contributed by atoms with Crippen LogP contribution in [0.4, 0.5) is 11.4 Å². The summed E-state index contributed by atoms with van der Waals surface area (Å²) in [5.41, 5.74) is -3.09. The van der Waals surface area contributed by atoms with Crippen molar-refractivity contribution in [1.82, 2.24) is 5.06 Å². The van der Waals surface area contributed by atoms with Crippen LogP contribution < -0.4 is 4.90 Å². The highest BCUT2D eigenvalue weighted by Gasteiger charge is 2.52. The van der Waals surface area contributed by atoms with E-state index in [9.17, 15) is 84.3 Å². The van der Waals surface area contributed by atoms with Crippen LogP contribution in [0.1, 0.15) is 69.9 Å². The van der Waals surface area contributed by atoms with Gasteiger partial charge in [0.05, 0.1) is 71.7 Å². The smallest absolute Gasteiger partial charge is 0.333 e. The maximum absolute atomic E-state index is 15.0. The second-order valence-corrected chi connectivity index (χ2v) is 28.7. The van der Waals surface area contributed by atoms with Crippen LogP contribution >= 0.6 is 0 Å². The van der Waals surface area contributed by atoms with Gasteiger partial charge in [0, 0.05) is 91.9 Å². The molecule has 3 heterocycles. The normalized spacial score (nSPS) is 20.1. The van der Waals surface area contributed by atoms with E-state index in [1.807, 2.05) is 0 Å². The van der Waals surface area contributed by atoms with Crippen molar-refractivity contribution in [2.75, 3.05) is 90.8 Å². The summed E-state index contributed by atoms with van der Waals surface area (Å²) in [5, 5.41) is 11.9. The van der Waals surface area contributed by atoms with Gasteiger partial charge in [-0.05, 0) is 98.3 Å². The van der Waals surface area contributed by atoms with Crippen molar-refractivity contribution in [2.45, 2.75) is 89.2 Å². The second kappa shape index (κ2) is 26.4. The van der Waals surface area contributed by atoms with E-state index >= 15 is 4.79 Å². The van der Waals surface area contributed by atoms with Gasteiger partial charge in [0.25, 0.3) is 62.4 Å². The minimum absolute atomic E-state index is 0.000145. The summed E-state index contributed by atoms with van der Waals surface area (Å²) in [6, 6.07) is 8.33. The molecule has 2 unspecified atom stereocenters. The molecule has 4 aromatic rings. The van der Waals surface area contributed by atoms with Crippen LogP contribution in [0.3, 0.4) is 0 Å². The first kappa shape index (κ1) is 68.4. The molecular formula is C55H64N3O26S5+. The molecule has 6 N–H and O–H groups in total. The number of hydrogen-bond acceptors (Lipinski definition) is 22. The third-order valence-electron chi connectivity index (χ3n) is 15.7. The first-order valence-electron chi connectivity index (χ1n) is 27.3. The molecule has 8 rings (SSSR count). The number of rotatable bonds is 30. The van der Waals surface area contributed by atoms with Crippen LogP contribution in [0.15, 0.2) is 103 Å². The summed E-state index contributed by atoms with van der Waals surface area (Å²) in [4.78, 5) is 55.9. The molecule has 4 aliphatic rings. The highest BCUT2D eigenvalue weighted by molar-refractivity contribution is 7.87. The number of ketones is 1. The number of carbonyl (C=O) groups is 4. The molecule has 2 amide bonds. The number of imide groups is 1. The average Bonchev–Trinajstić information content (AvgIpc) is 1.59. The van der Waals surface area contributed by atoms with Gasteiger partial charge in [-0.25, -0.2) is 4.79 Å². The molecule has 0 saturated carbocycles. The predicted molar refractivity (Wildman–Crippen MR) is 313 cm³/mol. The molecule has 1 fully saturated rings. The fourth-order valence-corrected chi connectivity index (χ4v) is 14.7. The van der Waals surface area contributed by atoms with Gasteiger partial charge >= 0.3 is 5.97 Å². The molecule has 4 aromatic carbocycles. The van der Waals surface area contributed by atoms with Gasteiger partial charge in [-0.3, -0.25) is 37.1 Å². The minimum Gasteiger partial charge on any atom is -0.506 e. The Morgan fingerprint density at radius 3 is 1.66 bits per heavy atom. The van der Waals surface area contributed by atoms with E-state index in [1.165, 1.54) is 57.6 Å². The number of aliphatic hydroxyl groups excluding tert-OH is 1. The highest BCUT2D eigenvalue weighted by atomic mass is 32.2. The number of hydroxylamine groups is 2. The van der Waals surface area contributed by atoms with Crippen LogP contribution in [0.5, 0.6) is 0 Å². The Hall–Kier alpha value is -6.48. The first-order chi connectivity index (χ1) is 41.6. The van der Waals surface area contributed by atoms with Crippen molar-refractivity contribution < 1.29 is 122 Å². The monoisotopic (exact) mass is 1340 g/mol.